The predicted molar refractivity (Wildman–Crippen MR) is 55.6 cm³/mol. The summed E-state index contributed by atoms with van der Waals surface area (Å²) in [7, 11) is 0. The van der Waals surface area contributed by atoms with E-state index in [-0.39, 0.29) is 12.1 Å². The Morgan fingerprint density at radius 1 is 1.60 bits per heavy atom. The van der Waals surface area contributed by atoms with Gasteiger partial charge in [-0.2, -0.15) is 0 Å². The van der Waals surface area contributed by atoms with E-state index < -0.39 is 12.3 Å². The summed E-state index contributed by atoms with van der Waals surface area (Å²) in [6.07, 6.45) is -0.359. The summed E-state index contributed by atoms with van der Waals surface area (Å²) in [4.78, 5) is 13.2. The molecule has 1 fully saturated rings. The number of carbonyl (C=O) groups excluding carboxylic acids is 1. The number of halogens is 1. The van der Waals surface area contributed by atoms with Crippen LogP contribution in [0.5, 0.6) is 0 Å². The van der Waals surface area contributed by atoms with Crippen molar-refractivity contribution in [2.24, 2.45) is 0 Å². The minimum absolute atomic E-state index is 0.258. The molecular formula is C10H19FN2O2. The van der Waals surface area contributed by atoms with Crippen LogP contribution in [0.25, 0.3) is 0 Å². The summed E-state index contributed by atoms with van der Waals surface area (Å²) in [6, 6.07) is -0.258. The number of carbonyl (C=O) groups is 1. The first-order chi connectivity index (χ1) is 6.92. The number of hydrogen-bond acceptors (Lipinski definition) is 3. The third-order valence-corrected chi connectivity index (χ3v) is 2.09. The number of nitrogens with zero attached hydrogens (tertiary/aromatic N) is 1. The molecule has 15 heavy (non-hydrogen) atoms. The molecule has 1 heterocycles. The van der Waals surface area contributed by atoms with E-state index in [9.17, 15) is 9.18 Å². The molecule has 1 rings (SSSR count). The highest BCUT2D eigenvalue weighted by Gasteiger charge is 2.26. The Bertz CT molecular complexity index is 228. The second-order valence-corrected chi connectivity index (χ2v) is 4.73. The van der Waals surface area contributed by atoms with Gasteiger partial charge >= 0.3 is 6.09 Å². The standard InChI is InChI=1S/C10H19FN2O2/c1-10(2,3)15-9(14)13-5-4-12-8(6-11)7-13/h8,12H,4-7H2,1-3H3/t8-/m1/s1. The number of rotatable bonds is 1. The van der Waals surface area contributed by atoms with Crippen LogP contribution in [0.15, 0.2) is 0 Å². The second-order valence-electron chi connectivity index (χ2n) is 4.73. The summed E-state index contributed by atoms with van der Waals surface area (Å²) < 4.78 is 17.6. The van der Waals surface area contributed by atoms with Gasteiger partial charge in [0.15, 0.2) is 0 Å². The van der Waals surface area contributed by atoms with Crippen molar-refractivity contribution < 1.29 is 13.9 Å². The Kier molecular flexibility index (Phi) is 3.90. The summed E-state index contributed by atoms with van der Waals surface area (Å²) in [6.45, 7) is 6.57. The Hall–Kier alpha value is -0.840. The maximum Gasteiger partial charge on any atom is 0.410 e. The number of nitrogens with one attached hydrogen (secondary N) is 1. The number of amides is 1. The zero-order valence-electron chi connectivity index (χ0n) is 9.55. The van der Waals surface area contributed by atoms with Crippen LogP contribution in [0.1, 0.15) is 20.8 Å². The molecule has 0 bridgehead atoms. The Balaban J connectivity index is 2.45. The largest absolute Gasteiger partial charge is 0.444 e. The zero-order valence-corrected chi connectivity index (χ0v) is 9.55. The van der Waals surface area contributed by atoms with Crippen molar-refractivity contribution in [3.05, 3.63) is 0 Å². The molecule has 0 unspecified atom stereocenters. The quantitative estimate of drug-likeness (QED) is 0.718. The molecule has 0 saturated carbocycles. The molecule has 0 spiro atoms. The van der Waals surface area contributed by atoms with Crippen LogP contribution in [0.2, 0.25) is 0 Å². The molecule has 0 aromatic heterocycles. The fourth-order valence-corrected chi connectivity index (χ4v) is 1.42. The Morgan fingerprint density at radius 3 is 2.80 bits per heavy atom. The van der Waals surface area contributed by atoms with Crippen molar-refractivity contribution in [3.63, 3.8) is 0 Å². The maximum absolute atomic E-state index is 12.4. The lowest BCUT2D eigenvalue weighted by atomic mass is 10.2. The van der Waals surface area contributed by atoms with E-state index in [1.165, 1.54) is 0 Å². The van der Waals surface area contributed by atoms with E-state index in [4.69, 9.17) is 4.74 Å². The molecule has 4 nitrogen and oxygen atoms in total. The summed E-state index contributed by atoms with van der Waals surface area (Å²) in [5.41, 5.74) is -0.493. The van der Waals surface area contributed by atoms with Crippen molar-refractivity contribution in [3.8, 4) is 0 Å². The molecule has 1 amide bonds. The van der Waals surface area contributed by atoms with Gasteiger partial charge in [0.25, 0.3) is 0 Å². The average Bonchev–Trinajstić information content (AvgIpc) is 2.15. The first-order valence-electron chi connectivity index (χ1n) is 5.19. The summed E-state index contributed by atoms with van der Waals surface area (Å²) in [5, 5.41) is 2.99. The van der Waals surface area contributed by atoms with E-state index in [0.717, 1.165) is 0 Å². The lowest BCUT2D eigenvalue weighted by molar-refractivity contribution is 0.0187. The molecule has 5 heteroatoms. The fraction of sp³-hybridized carbons (Fsp3) is 0.900. The topological polar surface area (TPSA) is 41.6 Å². The van der Waals surface area contributed by atoms with Gasteiger partial charge in [-0.15, -0.1) is 0 Å². The van der Waals surface area contributed by atoms with Crippen molar-refractivity contribution in [2.45, 2.75) is 32.4 Å². The Labute approximate surface area is 89.8 Å². The molecule has 0 radical (unpaired) electrons. The molecule has 1 N–H and O–H groups in total. The lowest BCUT2D eigenvalue weighted by Crippen LogP contribution is -2.54. The zero-order chi connectivity index (χ0) is 11.5. The lowest BCUT2D eigenvalue weighted by Gasteiger charge is -2.33. The van der Waals surface area contributed by atoms with E-state index in [1.807, 2.05) is 20.8 Å². The monoisotopic (exact) mass is 218 g/mol. The molecule has 0 aromatic rings. The first kappa shape index (κ1) is 12.2. The van der Waals surface area contributed by atoms with Gasteiger partial charge in [0.1, 0.15) is 12.3 Å². The SMILES string of the molecule is CC(C)(C)OC(=O)N1CCN[C@H](CF)C1. The summed E-state index contributed by atoms with van der Waals surface area (Å²) >= 11 is 0. The van der Waals surface area contributed by atoms with Gasteiger partial charge in [0.05, 0.1) is 6.04 Å². The highest BCUT2D eigenvalue weighted by molar-refractivity contribution is 5.68. The van der Waals surface area contributed by atoms with Gasteiger partial charge in [-0.1, -0.05) is 0 Å². The van der Waals surface area contributed by atoms with Crippen molar-refractivity contribution in [1.82, 2.24) is 10.2 Å². The van der Waals surface area contributed by atoms with E-state index in [0.29, 0.717) is 19.6 Å². The van der Waals surface area contributed by atoms with Crippen LogP contribution in [-0.4, -0.2) is 48.9 Å². The molecule has 88 valence electrons. The van der Waals surface area contributed by atoms with Crippen LogP contribution < -0.4 is 5.32 Å². The average molecular weight is 218 g/mol. The summed E-state index contributed by atoms with van der Waals surface area (Å²) in [5.74, 6) is 0. The van der Waals surface area contributed by atoms with E-state index >= 15 is 0 Å². The number of alkyl halides is 1. The van der Waals surface area contributed by atoms with Gasteiger partial charge < -0.3 is 15.0 Å². The van der Waals surface area contributed by atoms with Gasteiger partial charge in [0, 0.05) is 19.6 Å². The highest BCUT2D eigenvalue weighted by atomic mass is 19.1. The fourth-order valence-electron chi connectivity index (χ4n) is 1.42. The molecule has 1 aliphatic heterocycles. The van der Waals surface area contributed by atoms with Crippen LogP contribution in [0, 0.1) is 0 Å². The van der Waals surface area contributed by atoms with Gasteiger partial charge in [-0.05, 0) is 20.8 Å². The van der Waals surface area contributed by atoms with Gasteiger partial charge in [-0.3, -0.25) is 0 Å². The van der Waals surface area contributed by atoms with E-state index in [2.05, 4.69) is 5.32 Å². The third kappa shape index (κ3) is 4.03. The van der Waals surface area contributed by atoms with Crippen LogP contribution in [0.4, 0.5) is 9.18 Å². The minimum Gasteiger partial charge on any atom is -0.444 e. The van der Waals surface area contributed by atoms with Crippen LogP contribution in [0.3, 0.4) is 0 Å². The van der Waals surface area contributed by atoms with Crippen LogP contribution in [-0.2, 0) is 4.74 Å². The maximum atomic E-state index is 12.4. The molecule has 1 aliphatic rings. The third-order valence-electron chi connectivity index (χ3n) is 2.09. The van der Waals surface area contributed by atoms with Crippen molar-refractivity contribution in [2.75, 3.05) is 26.3 Å². The van der Waals surface area contributed by atoms with Crippen molar-refractivity contribution in [1.29, 1.82) is 0 Å². The highest BCUT2D eigenvalue weighted by Crippen LogP contribution is 2.11. The normalized spacial score (nSPS) is 22.7. The molecule has 0 aliphatic carbocycles. The number of hydrogen-bond donors (Lipinski definition) is 1. The smallest absolute Gasteiger partial charge is 0.410 e. The second kappa shape index (κ2) is 4.79. The van der Waals surface area contributed by atoms with E-state index in [1.54, 1.807) is 4.90 Å². The first-order valence-corrected chi connectivity index (χ1v) is 5.19. The molecular weight excluding hydrogens is 199 g/mol. The van der Waals surface area contributed by atoms with Gasteiger partial charge in [-0.25, -0.2) is 9.18 Å². The number of piperazine rings is 1. The molecule has 1 saturated heterocycles. The van der Waals surface area contributed by atoms with Crippen LogP contribution >= 0.6 is 0 Å². The minimum atomic E-state index is -0.493. The molecule has 0 aromatic carbocycles. The number of ether oxygens (including phenoxy) is 1. The molecule has 1 atom stereocenters. The van der Waals surface area contributed by atoms with Crippen molar-refractivity contribution >= 4 is 6.09 Å². The predicted octanol–water partition coefficient (Wildman–Crippen LogP) is 1.16. The van der Waals surface area contributed by atoms with Gasteiger partial charge in [0.2, 0.25) is 0 Å². The Morgan fingerprint density at radius 2 is 2.27 bits per heavy atom.